The normalized spacial score (nSPS) is 32.6. The van der Waals surface area contributed by atoms with Crippen LogP contribution >= 0.6 is 0 Å². The zero-order valence-electron chi connectivity index (χ0n) is 9.50. The van der Waals surface area contributed by atoms with Crippen LogP contribution in [-0.4, -0.2) is 0 Å². The lowest BCUT2D eigenvalue weighted by Gasteiger charge is -2.25. The molecule has 0 aromatic carbocycles. The van der Waals surface area contributed by atoms with Crippen molar-refractivity contribution in [3.8, 4) is 0 Å². The van der Waals surface area contributed by atoms with E-state index in [1.165, 1.54) is 32.1 Å². The largest absolute Gasteiger partial charge is 0.0805 e. The first-order valence-electron chi connectivity index (χ1n) is 6.22. The molecule has 0 aromatic rings. The first-order valence-corrected chi connectivity index (χ1v) is 6.22. The van der Waals surface area contributed by atoms with Crippen molar-refractivity contribution in [1.82, 2.24) is 0 Å². The third-order valence-electron chi connectivity index (χ3n) is 4.20. The van der Waals surface area contributed by atoms with Gasteiger partial charge in [0.05, 0.1) is 0 Å². The molecule has 0 heteroatoms. The standard InChI is InChI=1S/C14H22/c1-3-11-9-10-12(4-2)14(11)13-7-5-6-8-13/h5-7,11-12,14H,3-4,8-10H2,1-2H3/t11-,12-/m1/s1. The lowest BCUT2D eigenvalue weighted by atomic mass is 9.80. The van der Waals surface area contributed by atoms with Crippen molar-refractivity contribution in [2.24, 2.45) is 17.8 Å². The van der Waals surface area contributed by atoms with E-state index in [4.69, 9.17) is 0 Å². The second-order valence-electron chi connectivity index (χ2n) is 4.81. The Morgan fingerprint density at radius 1 is 1.14 bits per heavy atom. The molecule has 2 rings (SSSR count). The minimum atomic E-state index is 0.917. The van der Waals surface area contributed by atoms with E-state index >= 15 is 0 Å². The lowest BCUT2D eigenvalue weighted by Crippen LogP contribution is -2.16. The van der Waals surface area contributed by atoms with E-state index in [0.717, 1.165) is 17.8 Å². The van der Waals surface area contributed by atoms with E-state index < -0.39 is 0 Å². The Labute approximate surface area is 88.1 Å². The summed E-state index contributed by atoms with van der Waals surface area (Å²) in [7, 11) is 0. The summed E-state index contributed by atoms with van der Waals surface area (Å²) >= 11 is 0. The Kier molecular flexibility index (Phi) is 3.10. The fraction of sp³-hybridized carbons (Fsp3) is 0.714. The zero-order valence-corrected chi connectivity index (χ0v) is 9.50. The predicted octanol–water partition coefficient (Wildman–Crippen LogP) is 4.34. The Morgan fingerprint density at radius 2 is 1.79 bits per heavy atom. The molecule has 2 aliphatic rings. The van der Waals surface area contributed by atoms with Gasteiger partial charge in [-0.05, 0) is 37.0 Å². The van der Waals surface area contributed by atoms with E-state index in [0.29, 0.717) is 0 Å². The Morgan fingerprint density at radius 3 is 2.21 bits per heavy atom. The van der Waals surface area contributed by atoms with Crippen LogP contribution in [0.4, 0.5) is 0 Å². The molecule has 1 fully saturated rings. The summed E-state index contributed by atoms with van der Waals surface area (Å²) in [5.41, 5.74) is 1.72. The fourth-order valence-electron chi connectivity index (χ4n) is 3.40. The molecule has 0 nitrogen and oxygen atoms in total. The summed E-state index contributed by atoms with van der Waals surface area (Å²) in [5, 5.41) is 0. The zero-order chi connectivity index (χ0) is 9.97. The smallest absolute Gasteiger partial charge is 0.0130 e. The van der Waals surface area contributed by atoms with Gasteiger partial charge in [-0.3, -0.25) is 0 Å². The van der Waals surface area contributed by atoms with E-state index in [1.54, 1.807) is 5.57 Å². The minimum Gasteiger partial charge on any atom is -0.0805 e. The average molecular weight is 190 g/mol. The summed E-state index contributed by atoms with van der Waals surface area (Å²) in [6.45, 7) is 4.72. The minimum absolute atomic E-state index is 0.917. The van der Waals surface area contributed by atoms with Crippen molar-refractivity contribution >= 4 is 0 Å². The van der Waals surface area contributed by atoms with Crippen molar-refractivity contribution in [1.29, 1.82) is 0 Å². The molecule has 2 aliphatic carbocycles. The SMILES string of the molecule is CC[C@@H]1CC[C@@H](CC)C1C1=CC=CC1. The van der Waals surface area contributed by atoms with Crippen LogP contribution in [0.3, 0.4) is 0 Å². The molecule has 0 aliphatic heterocycles. The summed E-state index contributed by atoms with van der Waals surface area (Å²) < 4.78 is 0. The summed E-state index contributed by atoms with van der Waals surface area (Å²) in [6, 6.07) is 0. The molecule has 0 amide bonds. The van der Waals surface area contributed by atoms with Crippen LogP contribution < -0.4 is 0 Å². The molecule has 14 heavy (non-hydrogen) atoms. The van der Waals surface area contributed by atoms with Crippen LogP contribution in [0.5, 0.6) is 0 Å². The Balaban J connectivity index is 2.11. The van der Waals surface area contributed by atoms with Gasteiger partial charge in [0.15, 0.2) is 0 Å². The van der Waals surface area contributed by atoms with E-state index in [-0.39, 0.29) is 0 Å². The molecule has 78 valence electrons. The molecule has 0 saturated heterocycles. The molecule has 0 unspecified atom stereocenters. The number of hydrogen-bond donors (Lipinski definition) is 0. The molecule has 0 heterocycles. The topological polar surface area (TPSA) is 0 Å². The number of hydrogen-bond acceptors (Lipinski definition) is 0. The van der Waals surface area contributed by atoms with Crippen LogP contribution in [0.25, 0.3) is 0 Å². The van der Waals surface area contributed by atoms with Crippen molar-refractivity contribution < 1.29 is 0 Å². The van der Waals surface area contributed by atoms with E-state index in [2.05, 4.69) is 32.1 Å². The van der Waals surface area contributed by atoms with Crippen molar-refractivity contribution in [2.75, 3.05) is 0 Å². The lowest BCUT2D eigenvalue weighted by molar-refractivity contribution is 0.343. The maximum atomic E-state index is 2.38. The third kappa shape index (κ3) is 1.67. The number of rotatable bonds is 3. The highest BCUT2D eigenvalue weighted by molar-refractivity contribution is 5.27. The van der Waals surface area contributed by atoms with E-state index in [9.17, 15) is 0 Å². The highest BCUT2D eigenvalue weighted by Crippen LogP contribution is 2.46. The molecule has 0 bridgehead atoms. The van der Waals surface area contributed by atoms with Crippen molar-refractivity contribution in [3.63, 3.8) is 0 Å². The van der Waals surface area contributed by atoms with Crippen LogP contribution in [0.15, 0.2) is 23.8 Å². The predicted molar refractivity (Wildman–Crippen MR) is 62.1 cm³/mol. The van der Waals surface area contributed by atoms with Gasteiger partial charge in [-0.15, -0.1) is 0 Å². The van der Waals surface area contributed by atoms with Gasteiger partial charge in [-0.1, -0.05) is 50.5 Å². The molecule has 2 atom stereocenters. The van der Waals surface area contributed by atoms with Crippen LogP contribution in [0.2, 0.25) is 0 Å². The molecular formula is C14H22. The third-order valence-corrected chi connectivity index (χ3v) is 4.20. The Bertz CT molecular complexity index is 235. The van der Waals surface area contributed by atoms with Crippen molar-refractivity contribution in [2.45, 2.75) is 46.0 Å². The quantitative estimate of drug-likeness (QED) is 0.621. The maximum absolute atomic E-state index is 2.38. The van der Waals surface area contributed by atoms with Crippen LogP contribution in [-0.2, 0) is 0 Å². The molecule has 0 spiro atoms. The van der Waals surface area contributed by atoms with Gasteiger partial charge in [0.2, 0.25) is 0 Å². The molecule has 0 N–H and O–H groups in total. The second kappa shape index (κ2) is 4.33. The van der Waals surface area contributed by atoms with Crippen LogP contribution in [0.1, 0.15) is 46.0 Å². The van der Waals surface area contributed by atoms with Crippen molar-refractivity contribution in [3.05, 3.63) is 23.8 Å². The summed E-state index contributed by atoms with van der Waals surface area (Å²) in [6.07, 6.45) is 13.9. The molecular weight excluding hydrogens is 168 g/mol. The Hall–Kier alpha value is -0.520. The van der Waals surface area contributed by atoms with Gasteiger partial charge in [-0.25, -0.2) is 0 Å². The first-order chi connectivity index (χ1) is 6.86. The van der Waals surface area contributed by atoms with E-state index in [1.807, 2.05) is 0 Å². The highest BCUT2D eigenvalue weighted by atomic mass is 14.4. The molecule has 1 saturated carbocycles. The van der Waals surface area contributed by atoms with Gasteiger partial charge in [0, 0.05) is 0 Å². The van der Waals surface area contributed by atoms with Gasteiger partial charge < -0.3 is 0 Å². The fourth-order valence-corrected chi connectivity index (χ4v) is 3.40. The van der Waals surface area contributed by atoms with Gasteiger partial charge >= 0.3 is 0 Å². The number of allylic oxidation sites excluding steroid dienone is 4. The second-order valence-corrected chi connectivity index (χ2v) is 4.81. The van der Waals surface area contributed by atoms with Gasteiger partial charge in [-0.2, -0.15) is 0 Å². The summed E-state index contributed by atoms with van der Waals surface area (Å²) in [5.74, 6) is 2.87. The first kappa shape index (κ1) is 10.0. The molecule has 0 radical (unpaired) electrons. The average Bonchev–Trinajstić information content (AvgIpc) is 2.85. The highest BCUT2D eigenvalue weighted by Gasteiger charge is 2.35. The van der Waals surface area contributed by atoms with Gasteiger partial charge in [0.25, 0.3) is 0 Å². The molecule has 0 aromatic heterocycles. The maximum Gasteiger partial charge on any atom is -0.0130 e. The summed E-state index contributed by atoms with van der Waals surface area (Å²) in [4.78, 5) is 0. The van der Waals surface area contributed by atoms with Gasteiger partial charge in [0.1, 0.15) is 0 Å². The monoisotopic (exact) mass is 190 g/mol. The van der Waals surface area contributed by atoms with Crippen LogP contribution in [0, 0.1) is 17.8 Å².